The molecule has 0 aliphatic rings. The first kappa shape index (κ1) is 11.1. The van der Waals surface area contributed by atoms with Gasteiger partial charge in [-0.1, -0.05) is 0 Å². The summed E-state index contributed by atoms with van der Waals surface area (Å²) in [5.74, 6) is -1.17. The lowest BCUT2D eigenvalue weighted by Gasteiger charge is -2.13. The monoisotopic (exact) mass is 201 g/mol. The van der Waals surface area contributed by atoms with Crippen molar-refractivity contribution >= 4 is 0 Å². The molecule has 0 fully saturated rings. The van der Waals surface area contributed by atoms with Crippen molar-refractivity contribution in [2.24, 2.45) is 0 Å². The average molecular weight is 201 g/mol. The summed E-state index contributed by atoms with van der Waals surface area (Å²) in [5, 5.41) is 11.5. The largest absolute Gasteiger partial charge is 0.395 e. The van der Waals surface area contributed by atoms with Crippen LogP contribution in [0.3, 0.4) is 0 Å². The number of hydrogen-bond donors (Lipinski definition) is 2. The van der Waals surface area contributed by atoms with Crippen molar-refractivity contribution in [1.29, 1.82) is 0 Å². The normalized spacial score (nSPS) is 12.9. The van der Waals surface area contributed by atoms with Crippen LogP contribution in [0.2, 0.25) is 0 Å². The van der Waals surface area contributed by atoms with E-state index in [0.717, 1.165) is 6.07 Å². The molecule has 0 bridgehead atoms. The fourth-order valence-corrected chi connectivity index (χ4v) is 1.22. The van der Waals surface area contributed by atoms with Crippen LogP contribution in [-0.2, 0) is 0 Å². The molecule has 0 aliphatic carbocycles. The van der Waals surface area contributed by atoms with E-state index in [1.807, 2.05) is 0 Å². The van der Waals surface area contributed by atoms with Gasteiger partial charge in [0.1, 0.15) is 11.6 Å². The van der Waals surface area contributed by atoms with Gasteiger partial charge in [0.05, 0.1) is 6.61 Å². The second kappa shape index (κ2) is 5.02. The summed E-state index contributed by atoms with van der Waals surface area (Å²) in [6, 6.07) is 3.21. The molecular weight excluding hydrogens is 188 g/mol. The molecule has 4 heteroatoms. The number of aliphatic hydroxyl groups is 1. The summed E-state index contributed by atoms with van der Waals surface area (Å²) in [6.07, 6.45) is 0. The predicted molar refractivity (Wildman–Crippen MR) is 49.9 cm³/mol. The molecule has 1 rings (SSSR count). The van der Waals surface area contributed by atoms with E-state index >= 15 is 0 Å². The summed E-state index contributed by atoms with van der Waals surface area (Å²) in [7, 11) is 0. The average Bonchev–Trinajstić information content (AvgIpc) is 2.12. The van der Waals surface area contributed by atoms with Gasteiger partial charge in [0, 0.05) is 18.7 Å². The van der Waals surface area contributed by atoms with E-state index in [1.54, 1.807) is 6.92 Å². The van der Waals surface area contributed by atoms with Crippen molar-refractivity contribution in [3.8, 4) is 0 Å². The van der Waals surface area contributed by atoms with E-state index < -0.39 is 11.6 Å². The van der Waals surface area contributed by atoms with Gasteiger partial charge in [-0.15, -0.1) is 0 Å². The molecule has 0 aliphatic heterocycles. The molecule has 0 amide bonds. The zero-order chi connectivity index (χ0) is 10.6. The molecule has 1 atom stereocenters. The van der Waals surface area contributed by atoms with Crippen molar-refractivity contribution in [2.45, 2.75) is 13.0 Å². The van der Waals surface area contributed by atoms with Gasteiger partial charge in [-0.2, -0.15) is 0 Å². The van der Waals surface area contributed by atoms with Gasteiger partial charge in [-0.25, -0.2) is 8.78 Å². The lowest BCUT2D eigenvalue weighted by molar-refractivity contribution is 0.286. The molecule has 1 aromatic carbocycles. The van der Waals surface area contributed by atoms with Crippen molar-refractivity contribution in [3.05, 3.63) is 35.4 Å². The minimum Gasteiger partial charge on any atom is -0.395 e. The molecule has 0 heterocycles. The maximum atomic E-state index is 12.8. The van der Waals surface area contributed by atoms with Crippen molar-refractivity contribution < 1.29 is 13.9 Å². The predicted octanol–water partition coefficient (Wildman–Crippen LogP) is 1.61. The van der Waals surface area contributed by atoms with Crippen LogP contribution in [0.5, 0.6) is 0 Å². The van der Waals surface area contributed by atoms with Crippen LogP contribution in [0.4, 0.5) is 8.78 Å². The highest BCUT2D eigenvalue weighted by molar-refractivity contribution is 5.20. The van der Waals surface area contributed by atoms with Crippen LogP contribution in [0.1, 0.15) is 18.5 Å². The quantitative estimate of drug-likeness (QED) is 0.775. The number of rotatable bonds is 4. The standard InChI is InChI=1S/C10H13F2NO/c1-7(13-2-3-14)8-4-9(11)6-10(12)5-8/h4-7,13-14H,2-3H2,1H3/t7-/m1/s1. The van der Waals surface area contributed by atoms with Crippen LogP contribution in [0.15, 0.2) is 18.2 Å². The summed E-state index contributed by atoms with van der Waals surface area (Å²) < 4.78 is 25.6. The van der Waals surface area contributed by atoms with Crippen molar-refractivity contribution in [1.82, 2.24) is 5.32 Å². The van der Waals surface area contributed by atoms with Gasteiger partial charge < -0.3 is 10.4 Å². The Bertz CT molecular complexity index is 284. The zero-order valence-electron chi connectivity index (χ0n) is 7.93. The molecule has 2 N–H and O–H groups in total. The SMILES string of the molecule is C[C@@H](NCCO)c1cc(F)cc(F)c1. The molecular formula is C10H13F2NO. The van der Waals surface area contributed by atoms with Gasteiger partial charge in [0.2, 0.25) is 0 Å². The summed E-state index contributed by atoms with van der Waals surface area (Å²) in [5.41, 5.74) is 0.538. The topological polar surface area (TPSA) is 32.3 Å². The Morgan fingerprint density at radius 2 is 1.86 bits per heavy atom. The minimum absolute atomic E-state index is 0.00212. The molecule has 14 heavy (non-hydrogen) atoms. The third-order valence-electron chi connectivity index (χ3n) is 1.95. The highest BCUT2D eigenvalue weighted by Gasteiger charge is 2.07. The second-order valence-electron chi connectivity index (χ2n) is 3.10. The lowest BCUT2D eigenvalue weighted by atomic mass is 10.1. The first-order valence-corrected chi connectivity index (χ1v) is 4.43. The molecule has 78 valence electrons. The zero-order valence-corrected chi connectivity index (χ0v) is 7.93. The number of aliphatic hydroxyl groups excluding tert-OH is 1. The van der Waals surface area contributed by atoms with E-state index in [2.05, 4.69) is 5.32 Å². The Morgan fingerprint density at radius 1 is 1.29 bits per heavy atom. The third kappa shape index (κ3) is 3.05. The molecule has 0 aromatic heterocycles. The van der Waals surface area contributed by atoms with Crippen LogP contribution in [-0.4, -0.2) is 18.3 Å². The summed E-state index contributed by atoms with van der Waals surface area (Å²) >= 11 is 0. The minimum atomic E-state index is -0.586. The van der Waals surface area contributed by atoms with E-state index in [1.165, 1.54) is 12.1 Å². The van der Waals surface area contributed by atoms with Crippen LogP contribution in [0.25, 0.3) is 0 Å². The molecule has 0 saturated heterocycles. The number of halogens is 2. The third-order valence-corrected chi connectivity index (χ3v) is 1.95. The summed E-state index contributed by atoms with van der Waals surface area (Å²) in [6.45, 7) is 2.19. The first-order chi connectivity index (χ1) is 6.63. The maximum absolute atomic E-state index is 12.8. The molecule has 2 nitrogen and oxygen atoms in total. The van der Waals surface area contributed by atoms with Crippen molar-refractivity contribution in [2.75, 3.05) is 13.2 Å². The smallest absolute Gasteiger partial charge is 0.126 e. The highest BCUT2D eigenvalue weighted by Crippen LogP contribution is 2.15. The fraction of sp³-hybridized carbons (Fsp3) is 0.400. The van der Waals surface area contributed by atoms with Crippen LogP contribution in [0, 0.1) is 11.6 Å². The number of hydrogen-bond acceptors (Lipinski definition) is 2. The molecule has 1 aromatic rings. The number of nitrogens with one attached hydrogen (secondary N) is 1. The first-order valence-electron chi connectivity index (χ1n) is 4.43. The van der Waals surface area contributed by atoms with Gasteiger partial charge in [0.25, 0.3) is 0 Å². The molecule has 0 spiro atoms. The Hall–Kier alpha value is -1.00. The van der Waals surface area contributed by atoms with E-state index in [0.29, 0.717) is 12.1 Å². The van der Waals surface area contributed by atoms with Gasteiger partial charge >= 0.3 is 0 Å². The molecule has 0 saturated carbocycles. The van der Waals surface area contributed by atoms with Gasteiger partial charge in [0.15, 0.2) is 0 Å². The second-order valence-corrected chi connectivity index (χ2v) is 3.10. The maximum Gasteiger partial charge on any atom is 0.126 e. The van der Waals surface area contributed by atoms with Gasteiger partial charge in [-0.3, -0.25) is 0 Å². The van der Waals surface area contributed by atoms with Crippen LogP contribution >= 0.6 is 0 Å². The fourth-order valence-electron chi connectivity index (χ4n) is 1.22. The van der Waals surface area contributed by atoms with Crippen molar-refractivity contribution in [3.63, 3.8) is 0 Å². The summed E-state index contributed by atoms with van der Waals surface area (Å²) in [4.78, 5) is 0. The van der Waals surface area contributed by atoms with E-state index in [-0.39, 0.29) is 12.6 Å². The Morgan fingerprint density at radius 3 is 2.36 bits per heavy atom. The Balaban J connectivity index is 2.73. The lowest BCUT2D eigenvalue weighted by Crippen LogP contribution is -2.22. The van der Waals surface area contributed by atoms with E-state index in [9.17, 15) is 8.78 Å². The van der Waals surface area contributed by atoms with Crippen LogP contribution < -0.4 is 5.32 Å². The Kier molecular flexibility index (Phi) is 3.98. The number of benzene rings is 1. The van der Waals surface area contributed by atoms with Gasteiger partial charge in [-0.05, 0) is 24.6 Å². The van der Waals surface area contributed by atoms with E-state index in [4.69, 9.17) is 5.11 Å². The molecule has 0 unspecified atom stereocenters. The Labute approximate surface area is 81.6 Å². The molecule has 0 radical (unpaired) electrons. The highest BCUT2D eigenvalue weighted by atomic mass is 19.1.